The van der Waals surface area contributed by atoms with E-state index in [4.69, 9.17) is 5.11 Å². The van der Waals surface area contributed by atoms with E-state index in [1.54, 1.807) is 48.6 Å². The predicted octanol–water partition coefficient (Wildman–Crippen LogP) is 7.85. The number of hydrogen-bond donors (Lipinski definition) is 1. The highest BCUT2D eigenvalue weighted by Crippen LogP contribution is 2.02. The van der Waals surface area contributed by atoms with Crippen molar-refractivity contribution in [2.24, 2.45) is 0 Å². The monoisotopic (exact) mass is 340 g/mol. The van der Waals surface area contributed by atoms with Gasteiger partial charge in [-0.2, -0.15) is 0 Å². The summed E-state index contributed by atoms with van der Waals surface area (Å²) in [6.45, 7) is 21.0. The maximum atomic E-state index is 8.63. The van der Waals surface area contributed by atoms with Gasteiger partial charge in [0.15, 0.2) is 0 Å². The highest BCUT2D eigenvalue weighted by atomic mass is 16.3. The largest absolute Gasteiger partial charge is 0.508 e. The Hall–Kier alpha value is -2.80. The van der Waals surface area contributed by atoms with E-state index in [0.717, 1.165) is 0 Å². The summed E-state index contributed by atoms with van der Waals surface area (Å²) < 4.78 is 0. The fourth-order valence-electron chi connectivity index (χ4n) is 0.813. The van der Waals surface area contributed by atoms with E-state index in [-0.39, 0.29) is 0 Å². The molecule has 2 aromatic carbocycles. The van der Waals surface area contributed by atoms with Crippen LogP contribution in [-0.2, 0) is 0 Å². The second-order valence-corrected chi connectivity index (χ2v) is 4.12. The van der Waals surface area contributed by atoms with Crippen molar-refractivity contribution in [1.82, 2.24) is 0 Å². The smallest absolute Gasteiger partial charge is 0.115 e. The molecule has 0 radical (unpaired) electrons. The average molecular weight is 341 g/mol. The van der Waals surface area contributed by atoms with E-state index < -0.39 is 0 Å². The van der Waals surface area contributed by atoms with Crippen LogP contribution < -0.4 is 0 Å². The minimum atomic E-state index is 0.322. The van der Waals surface area contributed by atoms with Gasteiger partial charge in [0.1, 0.15) is 5.75 Å². The lowest BCUT2D eigenvalue weighted by Crippen LogP contribution is -1.56. The third kappa shape index (κ3) is 62.3. The summed E-state index contributed by atoms with van der Waals surface area (Å²) in [5.74, 6) is 0.322. The first kappa shape index (κ1) is 30.1. The highest BCUT2D eigenvalue weighted by Gasteiger charge is 1.74. The predicted molar refractivity (Wildman–Crippen MR) is 118 cm³/mol. The highest BCUT2D eigenvalue weighted by molar-refractivity contribution is 5.18. The van der Waals surface area contributed by atoms with Gasteiger partial charge in [-0.05, 0) is 39.8 Å². The quantitative estimate of drug-likeness (QED) is 0.484. The number of benzene rings is 2. The van der Waals surface area contributed by atoms with Gasteiger partial charge in [0.2, 0.25) is 0 Å². The van der Waals surface area contributed by atoms with Gasteiger partial charge in [-0.15, -0.1) is 26.3 Å². The topological polar surface area (TPSA) is 20.2 Å². The number of hydrogen-bond acceptors (Lipinski definition) is 1. The SMILES string of the molecule is C=CC.C=CC.C=CC.C=CC.Oc1ccccc1.c1ccccc1. The van der Waals surface area contributed by atoms with Crippen molar-refractivity contribution in [1.29, 1.82) is 0 Å². The first-order valence-electron chi connectivity index (χ1n) is 8.08. The number of phenols is 1. The van der Waals surface area contributed by atoms with Crippen molar-refractivity contribution in [3.63, 3.8) is 0 Å². The van der Waals surface area contributed by atoms with E-state index in [1.165, 1.54) is 0 Å². The fourth-order valence-corrected chi connectivity index (χ4v) is 0.813. The van der Waals surface area contributed by atoms with Crippen molar-refractivity contribution in [3.8, 4) is 5.75 Å². The van der Waals surface area contributed by atoms with Crippen molar-refractivity contribution in [2.75, 3.05) is 0 Å². The summed E-state index contributed by atoms with van der Waals surface area (Å²) in [4.78, 5) is 0. The van der Waals surface area contributed by atoms with Gasteiger partial charge < -0.3 is 5.11 Å². The Kier molecular flexibility index (Phi) is 45.1. The molecule has 0 bridgehead atoms. The van der Waals surface area contributed by atoms with Gasteiger partial charge in [-0.3, -0.25) is 0 Å². The van der Waals surface area contributed by atoms with Gasteiger partial charge >= 0.3 is 0 Å². The lowest BCUT2D eigenvalue weighted by Gasteiger charge is -1.82. The Morgan fingerprint density at radius 2 is 0.680 bits per heavy atom. The average Bonchev–Trinajstić information content (AvgIpc) is 2.61. The zero-order valence-corrected chi connectivity index (χ0v) is 16.4. The van der Waals surface area contributed by atoms with Gasteiger partial charge in [0, 0.05) is 0 Å². The summed E-state index contributed by atoms with van der Waals surface area (Å²) in [5.41, 5.74) is 0. The lowest BCUT2D eigenvalue weighted by atomic mass is 10.3. The van der Waals surface area contributed by atoms with Crippen molar-refractivity contribution in [3.05, 3.63) is 117 Å². The molecule has 25 heavy (non-hydrogen) atoms. The van der Waals surface area contributed by atoms with Crippen LogP contribution >= 0.6 is 0 Å². The molecule has 2 rings (SSSR count). The van der Waals surface area contributed by atoms with Crippen LogP contribution in [0.1, 0.15) is 27.7 Å². The molecular formula is C24H36O. The molecule has 0 aliphatic rings. The van der Waals surface area contributed by atoms with Crippen LogP contribution in [0, 0.1) is 0 Å². The maximum absolute atomic E-state index is 8.63. The molecule has 1 nitrogen and oxygen atoms in total. The van der Waals surface area contributed by atoms with E-state index in [1.807, 2.05) is 70.2 Å². The molecule has 0 amide bonds. The van der Waals surface area contributed by atoms with Crippen molar-refractivity contribution in [2.45, 2.75) is 27.7 Å². The first-order chi connectivity index (χ1) is 12.1. The minimum absolute atomic E-state index is 0.322. The summed E-state index contributed by atoms with van der Waals surface area (Å²) in [5, 5.41) is 8.63. The summed E-state index contributed by atoms with van der Waals surface area (Å²) in [7, 11) is 0. The molecule has 138 valence electrons. The molecule has 0 aromatic heterocycles. The minimum Gasteiger partial charge on any atom is -0.508 e. The Bertz CT molecular complexity index is 407. The van der Waals surface area contributed by atoms with E-state index in [2.05, 4.69) is 26.3 Å². The molecule has 0 aliphatic heterocycles. The standard InChI is InChI=1S/C6H6O.C6H6.4C3H6/c7-6-4-2-1-3-5-6;1-2-4-6-5-3-1;4*1-3-2/h1-5,7H;1-6H;4*3H,1H2,2H3. The molecule has 0 heterocycles. The summed E-state index contributed by atoms with van der Waals surface area (Å²) >= 11 is 0. The van der Waals surface area contributed by atoms with Crippen LogP contribution in [0.2, 0.25) is 0 Å². The Balaban J connectivity index is -0.000000112. The number of phenolic OH excluding ortho intramolecular Hbond substituents is 1. The van der Waals surface area contributed by atoms with Gasteiger partial charge in [-0.25, -0.2) is 0 Å². The molecule has 0 saturated carbocycles. The molecular weight excluding hydrogens is 304 g/mol. The third-order valence-electron chi connectivity index (χ3n) is 1.42. The Morgan fingerprint density at radius 3 is 0.800 bits per heavy atom. The Morgan fingerprint density at radius 1 is 0.520 bits per heavy atom. The van der Waals surface area contributed by atoms with Crippen LogP contribution in [0.3, 0.4) is 0 Å². The van der Waals surface area contributed by atoms with Crippen LogP contribution in [0.5, 0.6) is 5.75 Å². The number of aromatic hydroxyl groups is 1. The first-order valence-corrected chi connectivity index (χ1v) is 8.08. The number of allylic oxidation sites excluding steroid dienone is 4. The molecule has 2 aromatic rings. The van der Waals surface area contributed by atoms with Crippen LogP contribution in [-0.4, -0.2) is 5.11 Å². The van der Waals surface area contributed by atoms with E-state index >= 15 is 0 Å². The second kappa shape index (κ2) is 37.4. The number of para-hydroxylation sites is 1. The zero-order valence-electron chi connectivity index (χ0n) is 16.4. The third-order valence-corrected chi connectivity index (χ3v) is 1.42. The fraction of sp³-hybridized carbons (Fsp3) is 0.167. The molecule has 0 spiro atoms. The van der Waals surface area contributed by atoms with Gasteiger partial charge in [-0.1, -0.05) is 78.9 Å². The molecule has 0 aliphatic carbocycles. The van der Waals surface area contributed by atoms with Crippen LogP contribution in [0.4, 0.5) is 0 Å². The zero-order chi connectivity index (χ0) is 20.2. The van der Waals surface area contributed by atoms with Gasteiger partial charge in [0.05, 0.1) is 0 Å². The lowest BCUT2D eigenvalue weighted by molar-refractivity contribution is 0.475. The molecule has 0 unspecified atom stereocenters. The van der Waals surface area contributed by atoms with E-state index in [9.17, 15) is 0 Å². The summed E-state index contributed by atoms with van der Waals surface area (Å²) in [6, 6.07) is 20.7. The van der Waals surface area contributed by atoms with Gasteiger partial charge in [0.25, 0.3) is 0 Å². The maximum Gasteiger partial charge on any atom is 0.115 e. The van der Waals surface area contributed by atoms with E-state index in [0.29, 0.717) is 5.75 Å². The molecule has 1 heteroatoms. The number of rotatable bonds is 0. The second-order valence-electron chi connectivity index (χ2n) is 4.12. The molecule has 0 atom stereocenters. The van der Waals surface area contributed by atoms with Crippen molar-refractivity contribution < 1.29 is 5.11 Å². The normalized spacial score (nSPS) is 6.40. The Labute approximate surface area is 156 Å². The summed E-state index contributed by atoms with van der Waals surface area (Å²) in [6.07, 6.45) is 7.00. The molecule has 0 fully saturated rings. The van der Waals surface area contributed by atoms with Crippen LogP contribution in [0.15, 0.2) is 117 Å². The van der Waals surface area contributed by atoms with Crippen molar-refractivity contribution >= 4 is 0 Å². The molecule has 1 N–H and O–H groups in total. The van der Waals surface area contributed by atoms with Crippen LogP contribution in [0.25, 0.3) is 0 Å². The molecule has 0 saturated heterocycles.